The third-order valence-corrected chi connectivity index (χ3v) is 2.89. The molecule has 0 bridgehead atoms. The van der Waals surface area contributed by atoms with Gasteiger partial charge in [-0.15, -0.1) is 0 Å². The third kappa shape index (κ3) is 4.27. The van der Waals surface area contributed by atoms with Crippen LogP contribution in [0.4, 0.5) is 10.5 Å². The number of carboxylic acid groups (broad SMARTS) is 1. The predicted octanol–water partition coefficient (Wildman–Crippen LogP) is 1.69. The van der Waals surface area contributed by atoms with E-state index in [0.29, 0.717) is 5.69 Å². The van der Waals surface area contributed by atoms with E-state index in [1.165, 1.54) is 0 Å². The van der Waals surface area contributed by atoms with Crippen molar-refractivity contribution in [1.29, 1.82) is 0 Å². The second-order valence-corrected chi connectivity index (χ2v) is 4.82. The number of nitrogens with one attached hydrogen (secondary N) is 2. The van der Waals surface area contributed by atoms with Crippen molar-refractivity contribution in [2.24, 2.45) is 5.92 Å². The maximum atomic E-state index is 11.7. The molecule has 0 radical (unpaired) electrons. The second-order valence-electron chi connectivity index (χ2n) is 4.82. The number of aliphatic carboxylic acids is 1. The van der Waals surface area contributed by atoms with Crippen LogP contribution in [0, 0.1) is 5.92 Å². The van der Waals surface area contributed by atoms with Crippen LogP contribution >= 0.6 is 0 Å². The van der Waals surface area contributed by atoms with Gasteiger partial charge < -0.3 is 15.7 Å². The number of hydrogen-bond donors (Lipinski definition) is 3. The summed E-state index contributed by atoms with van der Waals surface area (Å²) in [4.78, 5) is 22.5. The van der Waals surface area contributed by atoms with Crippen molar-refractivity contribution in [2.75, 3.05) is 5.32 Å². The SMILES string of the molecule is CC(NC(=O)Nc1cnn(C(C)C)c1)C(C)C(=O)O. The number of urea groups is 1. The monoisotopic (exact) mass is 268 g/mol. The lowest BCUT2D eigenvalue weighted by molar-refractivity contribution is -0.141. The van der Waals surface area contributed by atoms with E-state index < -0.39 is 24.0 Å². The van der Waals surface area contributed by atoms with Crippen molar-refractivity contribution in [2.45, 2.75) is 39.8 Å². The lowest BCUT2D eigenvalue weighted by atomic mass is 10.0. The molecule has 0 aromatic carbocycles. The number of carbonyl (C=O) groups excluding carboxylic acids is 1. The molecule has 2 amide bonds. The third-order valence-electron chi connectivity index (χ3n) is 2.89. The van der Waals surface area contributed by atoms with E-state index in [2.05, 4.69) is 15.7 Å². The molecule has 0 saturated carbocycles. The van der Waals surface area contributed by atoms with Gasteiger partial charge >= 0.3 is 12.0 Å². The first-order valence-corrected chi connectivity index (χ1v) is 6.15. The molecule has 0 aliphatic carbocycles. The Morgan fingerprint density at radius 2 is 1.95 bits per heavy atom. The summed E-state index contributed by atoms with van der Waals surface area (Å²) in [5.41, 5.74) is 0.571. The van der Waals surface area contributed by atoms with Crippen molar-refractivity contribution in [3.05, 3.63) is 12.4 Å². The Kier molecular flexibility index (Phi) is 4.91. The molecular weight excluding hydrogens is 248 g/mol. The molecule has 0 spiro atoms. The molecule has 19 heavy (non-hydrogen) atoms. The number of carboxylic acids is 1. The number of anilines is 1. The highest BCUT2D eigenvalue weighted by molar-refractivity contribution is 5.89. The Labute approximate surface area is 112 Å². The van der Waals surface area contributed by atoms with Gasteiger partial charge in [-0.25, -0.2) is 4.79 Å². The molecule has 7 nitrogen and oxygen atoms in total. The van der Waals surface area contributed by atoms with Crippen molar-refractivity contribution in [3.8, 4) is 0 Å². The lowest BCUT2D eigenvalue weighted by Gasteiger charge is -2.17. The van der Waals surface area contributed by atoms with Gasteiger partial charge in [0.1, 0.15) is 0 Å². The van der Waals surface area contributed by atoms with Gasteiger partial charge in [-0.1, -0.05) is 0 Å². The number of aromatic nitrogens is 2. The number of carbonyl (C=O) groups is 2. The topological polar surface area (TPSA) is 96.3 Å². The first-order valence-electron chi connectivity index (χ1n) is 6.15. The normalized spacial score (nSPS) is 13.9. The zero-order valence-electron chi connectivity index (χ0n) is 11.5. The summed E-state index contributed by atoms with van der Waals surface area (Å²) in [5.74, 6) is -1.59. The fraction of sp³-hybridized carbons (Fsp3) is 0.583. The molecule has 1 aromatic rings. The van der Waals surface area contributed by atoms with Gasteiger partial charge in [-0.2, -0.15) is 5.10 Å². The second kappa shape index (κ2) is 6.21. The van der Waals surface area contributed by atoms with E-state index in [4.69, 9.17) is 5.11 Å². The Bertz CT molecular complexity index is 456. The summed E-state index contributed by atoms with van der Waals surface area (Å²) in [7, 11) is 0. The van der Waals surface area contributed by atoms with Gasteiger partial charge in [-0.3, -0.25) is 9.48 Å². The largest absolute Gasteiger partial charge is 0.481 e. The van der Waals surface area contributed by atoms with Gasteiger partial charge in [0.2, 0.25) is 0 Å². The Hall–Kier alpha value is -2.05. The zero-order chi connectivity index (χ0) is 14.6. The minimum Gasteiger partial charge on any atom is -0.481 e. The summed E-state index contributed by atoms with van der Waals surface area (Å²) in [6.07, 6.45) is 3.26. The summed E-state index contributed by atoms with van der Waals surface area (Å²) >= 11 is 0. The van der Waals surface area contributed by atoms with E-state index in [1.807, 2.05) is 13.8 Å². The fourth-order valence-corrected chi connectivity index (χ4v) is 1.40. The van der Waals surface area contributed by atoms with Gasteiger partial charge in [-0.05, 0) is 27.7 Å². The number of nitrogens with zero attached hydrogens (tertiary/aromatic N) is 2. The molecule has 1 aromatic heterocycles. The van der Waals surface area contributed by atoms with E-state index in [0.717, 1.165) is 0 Å². The molecule has 1 heterocycles. The van der Waals surface area contributed by atoms with E-state index in [1.54, 1.807) is 30.9 Å². The highest BCUT2D eigenvalue weighted by Crippen LogP contribution is 2.10. The van der Waals surface area contributed by atoms with Gasteiger partial charge in [0.25, 0.3) is 0 Å². The predicted molar refractivity (Wildman–Crippen MR) is 71.0 cm³/mol. The minimum absolute atomic E-state index is 0.213. The molecule has 0 saturated heterocycles. The van der Waals surface area contributed by atoms with E-state index in [-0.39, 0.29) is 6.04 Å². The first kappa shape index (κ1) is 15.0. The number of hydrogen-bond acceptors (Lipinski definition) is 3. The van der Waals surface area contributed by atoms with Crippen LogP contribution in [0.5, 0.6) is 0 Å². The molecule has 0 fully saturated rings. The Morgan fingerprint density at radius 1 is 1.32 bits per heavy atom. The Morgan fingerprint density at radius 3 is 2.42 bits per heavy atom. The summed E-state index contributed by atoms with van der Waals surface area (Å²) in [6, 6.07) is -0.689. The average Bonchev–Trinajstić information content (AvgIpc) is 2.76. The Balaban J connectivity index is 2.53. The highest BCUT2D eigenvalue weighted by Gasteiger charge is 2.21. The van der Waals surface area contributed by atoms with Crippen molar-refractivity contribution < 1.29 is 14.7 Å². The van der Waals surface area contributed by atoms with Gasteiger partial charge in [0.15, 0.2) is 0 Å². The van der Waals surface area contributed by atoms with Crippen LogP contribution in [-0.4, -0.2) is 32.9 Å². The van der Waals surface area contributed by atoms with Crippen LogP contribution in [0.15, 0.2) is 12.4 Å². The van der Waals surface area contributed by atoms with Crippen molar-refractivity contribution in [3.63, 3.8) is 0 Å². The highest BCUT2D eigenvalue weighted by atomic mass is 16.4. The maximum absolute atomic E-state index is 11.7. The molecule has 7 heteroatoms. The van der Waals surface area contributed by atoms with E-state index in [9.17, 15) is 9.59 Å². The van der Waals surface area contributed by atoms with Crippen molar-refractivity contribution in [1.82, 2.24) is 15.1 Å². The molecule has 106 valence electrons. The van der Waals surface area contributed by atoms with Gasteiger partial charge in [0, 0.05) is 18.3 Å². The van der Waals surface area contributed by atoms with Gasteiger partial charge in [0.05, 0.1) is 17.8 Å². The lowest BCUT2D eigenvalue weighted by Crippen LogP contribution is -2.42. The van der Waals surface area contributed by atoms with Crippen LogP contribution in [0.25, 0.3) is 0 Å². The number of amides is 2. The minimum atomic E-state index is -0.944. The molecule has 2 unspecified atom stereocenters. The van der Waals surface area contributed by atoms with Crippen LogP contribution in [0.2, 0.25) is 0 Å². The van der Waals surface area contributed by atoms with Crippen LogP contribution in [-0.2, 0) is 4.79 Å². The number of rotatable bonds is 5. The zero-order valence-corrected chi connectivity index (χ0v) is 11.5. The van der Waals surface area contributed by atoms with Crippen LogP contribution in [0.3, 0.4) is 0 Å². The van der Waals surface area contributed by atoms with Crippen molar-refractivity contribution >= 4 is 17.7 Å². The molecule has 3 N–H and O–H groups in total. The summed E-state index contributed by atoms with van der Waals surface area (Å²) < 4.78 is 1.72. The molecular formula is C12H20N4O3. The van der Waals surface area contributed by atoms with Crippen LogP contribution in [0.1, 0.15) is 33.7 Å². The van der Waals surface area contributed by atoms with E-state index >= 15 is 0 Å². The average molecular weight is 268 g/mol. The quantitative estimate of drug-likeness (QED) is 0.757. The molecule has 2 atom stereocenters. The smallest absolute Gasteiger partial charge is 0.319 e. The summed E-state index contributed by atoms with van der Waals surface area (Å²) in [5, 5.41) is 18.1. The standard InChI is InChI=1S/C12H20N4O3/c1-7(2)16-6-10(5-13-16)15-12(19)14-9(4)8(3)11(17)18/h5-9H,1-4H3,(H,17,18)(H2,14,15,19). The molecule has 0 aliphatic heterocycles. The van der Waals surface area contributed by atoms with Crippen LogP contribution < -0.4 is 10.6 Å². The fourth-order valence-electron chi connectivity index (χ4n) is 1.40. The maximum Gasteiger partial charge on any atom is 0.319 e. The first-order chi connectivity index (χ1) is 8.81. The molecule has 1 rings (SSSR count). The molecule has 0 aliphatic rings. The summed E-state index contributed by atoms with van der Waals surface area (Å²) in [6.45, 7) is 7.15.